The molecule has 2 unspecified atom stereocenters. The van der Waals surface area contributed by atoms with Crippen molar-refractivity contribution in [2.45, 2.75) is 33.3 Å². The second-order valence-electron chi connectivity index (χ2n) is 4.80. The van der Waals surface area contributed by atoms with E-state index in [0.29, 0.717) is 11.1 Å². The number of rotatable bonds is 5. The van der Waals surface area contributed by atoms with Gasteiger partial charge in [-0.25, -0.2) is 0 Å². The van der Waals surface area contributed by atoms with E-state index in [9.17, 15) is 9.90 Å². The molecule has 0 bridgehead atoms. The molecule has 0 saturated heterocycles. The molecule has 0 fully saturated rings. The Bertz CT molecular complexity index is 491. The molecule has 0 saturated carbocycles. The van der Waals surface area contributed by atoms with Crippen molar-refractivity contribution >= 4 is 5.91 Å². The fourth-order valence-electron chi connectivity index (χ4n) is 1.75. The zero-order valence-corrected chi connectivity index (χ0v) is 11.6. The summed E-state index contributed by atoms with van der Waals surface area (Å²) in [4.78, 5) is 12.0. The van der Waals surface area contributed by atoms with Gasteiger partial charge >= 0.3 is 0 Å². The number of carbonyl (C=O) groups excluding carboxylic acids is 1. The summed E-state index contributed by atoms with van der Waals surface area (Å²) in [6.45, 7) is 5.98. The lowest BCUT2D eigenvalue weighted by Gasteiger charge is -2.17. The Morgan fingerprint density at radius 3 is 2.74 bits per heavy atom. The van der Waals surface area contributed by atoms with Crippen LogP contribution in [0.15, 0.2) is 18.2 Å². The van der Waals surface area contributed by atoms with Crippen LogP contribution in [0.25, 0.3) is 0 Å². The number of aliphatic hydroxyl groups excluding tert-OH is 1. The number of hydrogen-bond acceptors (Lipinski definition) is 3. The van der Waals surface area contributed by atoms with Gasteiger partial charge in [-0.15, -0.1) is 0 Å². The number of benzene rings is 1. The van der Waals surface area contributed by atoms with Gasteiger partial charge in [0.25, 0.3) is 5.91 Å². The number of nitrogens with zero attached hydrogens (tertiary/aromatic N) is 1. The number of aliphatic hydroxyl groups is 1. The van der Waals surface area contributed by atoms with Crippen LogP contribution in [0.2, 0.25) is 0 Å². The van der Waals surface area contributed by atoms with E-state index in [0.717, 1.165) is 12.0 Å². The molecule has 1 aromatic rings. The lowest BCUT2D eigenvalue weighted by Crippen LogP contribution is -2.35. The molecule has 4 heteroatoms. The van der Waals surface area contributed by atoms with Crippen molar-refractivity contribution in [2.75, 3.05) is 6.54 Å². The van der Waals surface area contributed by atoms with E-state index in [4.69, 9.17) is 5.26 Å². The molecule has 1 rings (SSSR count). The third-order valence-corrected chi connectivity index (χ3v) is 3.37. The quantitative estimate of drug-likeness (QED) is 0.850. The van der Waals surface area contributed by atoms with E-state index in [1.165, 1.54) is 0 Å². The van der Waals surface area contributed by atoms with Crippen molar-refractivity contribution in [2.24, 2.45) is 5.92 Å². The molecule has 102 valence electrons. The van der Waals surface area contributed by atoms with Crippen LogP contribution >= 0.6 is 0 Å². The fraction of sp³-hybridized carbons (Fsp3) is 0.467. The van der Waals surface area contributed by atoms with Crippen LogP contribution in [-0.4, -0.2) is 23.7 Å². The molecule has 2 atom stereocenters. The number of nitrogens with one attached hydrogen (secondary N) is 1. The van der Waals surface area contributed by atoms with Gasteiger partial charge in [0.05, 0.1) is 17.7 Å². The van der Waals surface area contributed by atoms with Crippen molar-refractivity contribution in [3.05, 3.63) is 34.9 Å². The SMILES string of the molecule is CCC(C)C(O)CNC(=O)c1ccc(C#N)cc1C. The van der Waals surface area contributed by atoms with Gasteiger partial charge in [0, 0.05) is 12.1 Å². The summed E-state index contributed by atoms with van der Waals surface area (Å²) >= 11 is 0. The summed E-state index contributed by atoms with van der Waals surface area (Å²) in [5.74, 6) is -0.0632. The highest BCUT2D eigenvalue weighted by atomic mass is 16.3. The maximum atomic E-state index is 12.0. The normalized spacial score (nSPS) is 13.4. The van der Waals surface area contributed by atoms with Gasteiger partial charge in [-0.3, -0.25) is 4.79 Å². The molecule has 0 heterocycles. The van der Waals surface area contributed by atoms with E-state index in [-0.39, 0.29) is 18.4 Å². The summed E-state index contributed by atoms with van der Waals surface area (Å²) in [6, 6.07) is 6.97. The van der Waals surface area contributed by atoms with Crippen LogP contribution in [0, 0.1) is 24.2 Å². The molecule has 0 aliphatic carbocycles. The molecule has 4 nitrogen and oxygen atoms in total. The largest absolute Gasteiger partial charge is 0.391 e. The second kappa shape index (κ2) is 6.91. The van der Waals surface area contributed by atoms with Gasteiger partial charge in [0.1, 0.15) is 0 Å². The lowest BCUT2D eigenvalue weighted by atomic mass is 10.0. The molecule has 2 N–H and O–H groups in total. The maximum Gasteiger partial charge on any atom is 0.251 e. The molecular weight excluding hydrogens is 240 g/mol. The summed E-state index contributed by atoms with van der Waals surface area (Å²) in [6.07, 6.45) is 0.333. The molecule has 0 aromatic heterocycles. The molecule has 1 aromatic carbocycles. The number of hydrogen-bond donors (Lipinski definition) is 2. The number of carbonyl (C=O) groups is 1. The van der Waals surface area contributed by atoms with Gasteiger partial charge in [-0.05, 0) is 36.6 Å². The minimum Gasteiger partial charge on any atom is -0.391 e. The molecule has 0 radical (unpaired) electrons. The monoisotopic (exact) mass is 260 g/mol. The first kappa shape index (κ1) is 15.2. The molecule has 0 aliphatic rings. The summed E-state index contributed by atoms with van der Waals surface area (Å²) in [5, 5.41) is 21.3. The summed E-state index contributed by atoms with van der Waals surface area (Å²) in [5.41, 5.74) is 1.83. The predicted molar refractivity (Wildman–Crippen MR) is 73.7 cm³/mol. The van der Waals surface area contributed by atoms with Crippen LogP contribution in [0.3, 0.4) is 0 Å². The first-order valence-corrected chi connectivity index (χ1v) is 6.46. The molecular formula is C15H20N2O2. The number of nitriles is 1. The van der Waals surface area contributed by atoms with Crippen molar-refractivity contribution in [1.82, 2.24) is 5.32 Å². The van der Waals surface area contributed by atoms with Crippen LogP contribution < -0.4 is 5.32 Å². The highest BCUT2D eigenvalue weighted by molar-refractivity contribution is 5.95. The Morgan fingerprint density at radius 1 is 1.53 bits per heavy atom. The first-order chi connectivity index (χ1) is 8.99. The third kappa shape index (κ3) is 4.08. The third-order valence-electron chi connectivity index (χ3n) is 3.37. The standard InChI is InChI=1S/C15H20N2O2/c1-4-10(2)14(18)9-17-15(19)13-6-5-12(8-16)7-11(13)3/h5-7,10,14,18H,4,9H2,1-3H3,(H,17,19). The minimum absolute atomic E-state index is 0.155. The zero-order chi connectivity index (χ0) is 14.4. The average Bonchev–Trinajstić information content (AvgIpc) is 2.43. The van der Waals surface area contributed by atoms with Crippen LogP contribution in [0.5, 0.6) is 0 Å². The van der Waals surface area contributed by atoms with Gasteiger partial charge < -0.3 is 10.4 Å². The smallest absolute Gasteiger partial charge is 0.251 e. The first-order valence-electron chi connectivity index (χ1n) is 6.46. The van der Waals surface area contributed by atoms with E-state index >= 15 is 0 Å². The van der Waals surface area contributed by atoms with Gasteiger partial charge in [-0.2, -0.15) is 5.26 Å². The fourth-order valence-corrected chi connectivity index (χ4v) is 1.75. The van der Waals surface area contributed by atoms with Crippen molar-refractivity contribution in [1.29, 1.82) is 5.26 Å². The maximum absolute atomic E-state index is 12.0. The topological polar surface area (TPSA) is 73.1 Å². The number of aryl methyl sites for hydroxylation is 1. The Kier molecular flexibility index (Phi) is 5.53. The average molecular weight is 260 g/mol. The van der Waals surface area contributed by atoms with Gasteiger partial charge in [0.15, 0.2) is 0 Å². The van der Waals surface area contributed by atoms with Crippen molar-refractivity contribution in [3.63, 3.8) is 0 Å². The summed E-state index contributed by atoms with van der Waals surface area (Å²) < 4.78 is 0. The van der Waals surface area contributed by atoms with Crippen LogP contribution in [0.4, 0.5) is 0 Å². The molecule has 1 amide bonds. The number of amides is 1. The van der Waals surface area contributed by atoms with Crippen LogP contribution in [0.1, 0.15) is 41.8 Å². The molecule has 0 aliphatic heterocycles. The van der Waals surface area contributed by atoms with Gasteiger partial charge in [0.2, 0.25) is 0 Å². The van der Waals surface area contributed by atoms with Gasteiger partial charge in [-0.1, -0.05) is 20.3 Å². The van der Waals surface area contributed by atoms with Crippen molar-refractivity contribution < 1.29 is 9.90 Å². The van der Waals surface area contributed by atoms with E-state index in [2.05, 4.69) is 5.32 Å². The van der Waals surface area contributed by atoms with E-state index < -0.39 is 6.10 Å². The summed E-state index contributed by atoms with van der Waals surface area (Å²) in [7, 11) is 0. The van der Waals surface area contributed by atoms with Crippen molar-refractivity contribution in [3.8, 4) is 6.07 Å². The Morgan fingerprint density at radius 2 is 2.21 bits per heavy atom. The Balaban J connectivity index is 2.67. The van der Waals surface area contributed by atoms with E-state index in [1.54, 1.807) is 25.1 Å². The highest BCUT2D eigenvalue weighted by Crippen LogP contribution is 2.11. The predicted octanol–water partition coefficient (Wildman–Crippen LogP) is 2.00. The lowest BCUT2D eigenvalue weighted by molar-refractivity contribution is 0.0849. The minimum atomic E-state index is -0.535. The Labute approximate surface area is 114 Å². The van der Waals surface area contributed by atoms with Crippen LogP contribution in [-0.2, 0) is 0 Å². The Hall–Kier alpha value is -1.86. The molecule has 0 spiro atoms. The molecule has 19 heavy (non-hydrogen) atoms. The second-order valence-corrected chi connectivity index (χ2v) is 4.80. The van der Waals surface area contributed by atoms with E-state index in [1.807, 2.05) is 19.9 Å². The highest BCUT2D eigenvalue weighted by Gasteiger charge is 2.15. The zero-order valence-electron chi connectivity index (χ0n) is 11.6.